The summed E-state index contributed by atoms with van der Waals surface area (Å²) in [5.74, 6) is 1.32. The van der Waals surface area contributed by atoms with Gasteiger partial charge in [0.2, 0.25) is 11.8 Å². The second-order valence-electron chi connectivity index (χ2n) is 8.02. The number of carbonyl (C=O) groups is 2. The van der Waals surface area contributed by atoms with Crippen LogP contribution < -0.4 is 14.8 Å². The van der Waals surface area contributed by atoms with Crippen molar-refractivity contribution in [3.05, 3.63) is 71.3 Å². The standard InChI is InChI=1S/C25H30N2O4/c1-17(2)13-14-31-21-11-7-18(8-12-21)15-22-25(29)27(3)23(24(28)26-22)16-19-5-9-20(30-4)10-6-19/h5-13,22-23H,14-16H2,1-4H3,(H,26,28)/t22-,23-/m0/s1. The highest BCUT2D eigenvalue weighted by atomic mass is 16.5. The normalized spacial score (nSPS) is 18.4. The molecular weight excluding hydrogens is 392 g/mol. The number of hydrogen-bond acceptors (Lipinski definition) is 4. The molecule has 0 radical (unpaired) electrons. The van der Waals surface area contributed by atoms with Crippen molar-refractivity contribution in [3.63, 3.8) is 0 Å². The first-order valence-electron chi connectivity index (χ1n) is 10.4. The Kier molecular flexibility index (Phi) is 7.34. The molecule has 0 aliphatic carbocycles. The Bertz CT molecular complexity index is 931. The summed E-state index contributed by atoms with van der Waals surface area (Å²) in [6.45, 7) is 4.58. The first-order chi connectivity index (χ1) is 14.9. The Morgan fingerprint density at radius 3 is 2.13 bits per heavy atom. The number of likely N-dealkylation sites (N-methyl/N-ethyl adjacent to an activating group) is 1. The Balaban J connectivity index is 1.60. The number of methoxy groups -OCH3 is 1. The lowest BCUT2D eigenvalue weighted by atomic mass is 9.97. The Morgan fingerprint density at radius 2 is 1.55 bits per heavy atom. The van der Waals surface area contributed by atoms with Crippen LogP contribution in [-0.2, 0) is 22.4 Å². The molecule has 3 rings (SSSR count). The van der Waals surface area contributed by atoms with Crippen LogP contribution in [-0.4, -0.2) is 49.6 Å². The number of ether oxygens (including phenoxy) is 2. The highest BCUT2D eigenvalue weighted by molar-refractivity contribution is 5.97. The third-order valence-electron chi connectivity index (χ3n) is 5.43. The molecule has 1 aliphatic rings. The number of piperazine rings is 1. The highest BCUT2D eigenvalue weighted by Crippen LogP contribution is 2.19. The minimum Gasteiger partial charge on any atom is -0.497 e. The molecule has 0 saturated carbocycles. The molecule has 31 heavy (non-hydrogen) atoms. The molecule has 2 atom stereocenters. The lowest BCUT2D eigenvalue weighted by Crippen LogP contribution is -2.63. The average molecular weight is 423 g/mol. The van der Waals surface area contributed by atoms with E-state index in [9.17, 15) is 9.59 Å². The van der Waals surface area contributed by atoms with Crippen LogP contribution >= 0.6 is 0 Å². The molecule has 0 bridgehead atoms. The zero-order valence-corrected chi connectivity index (χ0v) is 18.6. The summed E-state index contributed by atoms with van der Waals surface area (Å²) in [6.07, 6.45) is 2.92. The molecule has 0 unspecified atom stereocenters. The molecule has 0 spiro atoms. The van der Waals surface area contributed by atoms with E-state index in [4.69, 9.17) is 9.47 Å². The van der Waals surface area contributed by atoms with E-state index in [2.05, 4.69) is 5.32 Å². The molecule has 1 N–H and O–H groups in total. The first-order valence-corrected chi connectivity index (χ1v) is 10.4. The van der Waals surface area contributed by atoms with Crippen molar-refractivity contribution < 1.29 is 19.1 Å². The van der Waals surface area contributed by atoms with Crippen molar-refractivity contribution in [3.8, 4) is 11.5 Å². The fourth-order valence-corrected chi connectivity index (χ4v) is 3.52. The minimum atomic E-state index is -0.568. The van der Waals surface area contributed by atoms with Gasteiger partial charge >= 0.3 is 0 Å². The molecule has 2 aromatic carbocycles. The molecule has 2 amide bonds. The maximum Gasteiger partial charge on any atom is 0.245 e. The summed E-state index contributed by atoms with van der Waals surface area (Å²) in [6, 6.07) is 14.1. The van der Waals surface area contributed by atoms with Crippen molar-refractivity contribution in [2.24, 2.45) is 0 Å². The minimum absolute atomic E-state index is 0.0815. The Hall–Kier alpha value is -3.28. The maximum atomic E-state index is 12.9. The summed E-state index contributed by atoms with van der Waals surface area (Å²) < 4.78 is 10.8. The fraction of sp³-hybridized carbons (Fsp3) is 0.360. The number of nitrogens with zero attached hydrogens (tertiary/aromatic N) is 1. The van der Waals surface area contributed by atoms with Gasteiger partial charge in [-0.05, 0) is 55.3 Å². The summed E-state index contributed by atoms with van der Waals surface area (Å²) in [4.78, 5) is 27.2. The van der Waals surface area contributed by atoms with E-state index in [1.54, 1.807) is 19.1 Å². The number of allylic oxidation sites excluding steroid dienone is 1. The molecule has 6 nitrogen and oxygen atoms in total. The zero-order valence-electron chi connectivity index (χ0n) is 18.6. The molecule has 1 aliphatic heterocycles. The Morgan fingerprint density at radius 1 is 0.968 bits per heavy atom. The van der Waals surface area contributed by atoms with Crippen LogP contribution in [0.4, 0.5) is 0 Å². The van der Waals surface area contributed by atoms with Gasteiger partial charge < -0.3 is 19.7 Å². The summed E-state index contributed by atoms with van der Waals surface area (Å²) in [7, 11) is 3.31. The monoisotopic (exact) mass is 422 g/mol. The topological polar surface area (TPSA) is 67.9 Å². The van der Waals surface area contributed by atoms with Crippen molar-refractivity contribution in [1.82, 2.24) is 10.2 Å². The Labute approximate surface area is 183 Å². The molecular formula is C25H30N2O4. The number of benzene rings is 2. The quantitative estimate of drug-likeness (QED) is 0.664. The number of rotatable bonds is 8. The van der Waals surface area contributed by atoms with E-state index in [0.29, 0.717) is 19.4 Å². The molecule has 0 aromatic heterocycles. The molecule has 1 fully saturated rings. The van der Waals surface area contributed by atoms with Crippen LogP contribution in [0.2, 0.25) is 0 Å². The van der Waals surface area contributed by atoms with Gasteiger partial charge in [0, 0.05) is 19.9 Å². The number of amides is 2. The molecule has 1 heterocycles. The van der Waals surface area contributed by atoms with Gasteiger partial charge in [0.1, 0.15) is 30.2 Å². The van der Waals surface area contributed by atoms with Crippen LogP contribution in [0, 0.1) is 0 Å². The van der Waals surface area contributed by atoms with Gasteiger partial charge in [0.05, 0.1) is 7.11 Å². The zero-order chi connectivity index (χ0) is 22.4. The predicted octanol–water partition coefficient (Wildman–Crippen LogP) is 3.15. The third-order valence-corrected chi connectivity index (χ3v) is 5.43. The van der Waals surface area contributed by atoms with E-state index in [0.717, 1.165) is 22.6 Å². The van der Waals surface area contributed by atoms with Gasteiger partial charge in [-0.1, -0.05) is 29.8 Å². The van der Waals surface area contributed by atoms with Crippen LogP contribution in [0.15, 0.2) is 60.2 Å². The summed E-state index contributed by atoms with van der Waals surface area (Å²) in [5.41, 5.74) is 3.15. The number of nitrogens with one attached hydrogen (secondary N) is 1. The van der Waals surface area contributed by atoms with Gasteiger partial charge in [-0.25, -0.2) is 0 Å². The predicted molar refractivity (Wildman–Crippen MR) is 120 cm³/mol. The fourth-order valence-electron chi connectivity index (χ4n) is 3.52. The third kappa shape index (κ3) is 5.87. The van der Waals surface area contributed by atoms with Crippen molar-refractivity contribution in [1.29, 1.82) is 0 Å². The highest BCUT2D eigenvalue weighted by Gasteiger charge is 2.38. The molecule has 1 saturated heterocycles. The first kappa shape index (κ1) is 22.4. The van der Waals surface area contributed by atoms with Crippen molar-refractivity contribution in [2.45, 2.75) is 38.8 Å². The van der Waals surface area contributed by atoms with Gasteiger partial charge in [0.25, 0.3) is 0 Å². The van der Waals surface area contributed by atoms with E-state index in [-0.39, 0.29) is 11.8 Å². The molecule has 2 aromatic rings. The van der Waals surface area contributed by atoms with E-state index in [1.165, 1.54) is 5.57 Å². The van der Waals surface area contributed by atoms with E-state index in [1.807, 2.05) is 68.5 Å². The lowest BCUT2D eigenvalue weighted by molar-refractivity contribution is -0.147. The van der Waals surface area contributed by atoms with E-state index < -0.39 is 12.1 Å². The average Bonchev–Trinajstić information content (AvgIpc) is 2.76. The smallest absolute Gasteiger partial charge is 0.245 e. The summed E-state index contributed by atoms with van der Waals surface area (Å²) in [5, 5.41) is 2.91. The molecule has 164 valence electrons. The maximum absolute atomic E-state index is 12.9. The second-order valence-corrected chi connectivity index (χ2v) is 8.02. The van der Waals surface area contributed by atoms with Crippen LogP contribution in [0.5, 0.6) is 11.5 Å². The van der Waals surface area contributed by atoms with Gasteiger partial charge in [-0.15, -0.1) is 0 Å². The van der Waals surface area contributed by atoms with Gasteiger partial charge in [0.15, 0.2) is 0 Å². The molecule has 6 heteroatoms. The summed E-state index contributed by atoms with van der Waals surface area (Å²) >= 11 is 0. The number of carbonyl (C=O) groups excluding carboxylic acids is 2. The van der Waals surface area contributed by atoms with Gasteiger partial charge in [-0.2, -0.15) is 0 Å². The lowest BCUT2D eigenvalue weighted by Gasteiger charge is -2.36. The van der Waals surface area contributed by atoms with E-state index >= 15 is 0 Å². The second kappa shape index (κ2) is 10.2. The van der Waals surface area contributed by atoms with Crippen LogP contribution in [0.3, 0.4) is 0 Å². The van der Waals surface area contributed by atoms with Crippen LogP contribution in [0.1, 0.15) is 25.0 Å². The van der Waals surface area contributed by atoms with Crippen molar-refractivity contribution in [2.75, 3.05) is 20.8 Å². The largest absolute Gasteiger partial charge is 0.497 e. The van der Waals surface area contributed by atoms with Gasteiger partial charge in [-0.3, -0.25) is 9.59 Å². The SMILES string of the molecule is COc1ccc(C[C@H]2C(=O)N[C@@H](Cc3ccc(OCC=C(C)C)cc3)C(=O)N2C)cc1. The number of hydrogen-bond donors (Lipinski definition) is 1. The van der Waals surface area contributed by atoms with Crippen molar-refractivity contribution >= 4 is 11.8 Å². The van der Waals surface area contributed by atoms with Crippen LogP contribution in [0.25, 0.3) is 0 Å².